The zero-order valence-electron chi connectivity index (χ0n) is 13.7. The van der Waals surface area contributed by atoms with Crippen molar-refractivity contribution in [1.29, 1.82) is 5.26 Å². The molecule has 0 saturated heterocycles. The first-order chi connectivity index (χ1) is 12.1. The van der Waals surface area contributed by atoms with Crippen molar-refractivity contribution in [3.05, 3.63) is 53.9 Å². The third kappa shape index (κ3) is 2.25. The van der Waals surface area contributed by atoms with E-state index in [0.717, 1.165) is 27.5 Å². The number of aromatic nitrogens is 3. The molecule has 0 radical (unpaired) electrons. The van der Waals surface area contributed by atoms with Gasteiger partial charge in [-0.3, -0.25) is 0 Å². The molecule has 25 heavy (non-hydrogen) atoms. The quantitative estimate of drug-likeness (QED) is 0.571. The third-order valence-electron chi connectivity index (χ3n) is 4.35. The number of pyridine rings is 1. The number of aryl methyl sites for hydroxylation is 1. The van der Waals surface area contributed by atoms with Crippen LogP contribution in [0.1, 0.15) is 15.9 Å². The second kappa shape index (κ2) is 5.49. The number of carbonyl (C=O) groups excluding carboxylic acids is 1. The van der Waals surface area contributed by atoms with Crippen LogP contribution in [0, 0.1) is 11.3 Å². The minimum atomic E-state index is -0.373. The molecule has 0 unspecified atom stereocenters. The van der Waals surface area contributed by atoms with Crippen LogP contribution in [-0.2, 0) is 11.8 Å². The van der Waals surface area contributed by atoms with Crippen molar-refractivity contribution >= 4 is 27.9 Å². The molecule has 4 aromatic rings. The van der Waals surface area contributed by atoms with Crippen molar-refractivity contribution in [3.63, 3.8) is 0 Å². The van der Waals surface area contributed by atoms with Gasteiger partial charge in [0.05, 0.1) is 24.3 Å². The van der Waals surface area contributed by atoms with E-state index >= 15 is 0 Å². The van der Waals surface area contributed by atoms with Gasteiger partial charge in [0.25, 0.3) is 0 Å². The summed E-state index contributed by atoms with van der Waals surface area (Å²) in [6.45, 7) is 0. The second-order valence-electron chi connectivity index (χ2n) is 5.79. The van der Waals surface area contributed by atoms with Crippen molar-refractivity contribution in [1.82, 2.24) is 14.5 Å². The molecule has 0 saturated carbocycles. The molecule has 1 N–H and O–H groups in total. The van der Waals surface area contributed by atoms with E-state index in [1.165, 1.54) is 7.11 Å². The van der Waals surface area contributed by atoms with E-state index in [9.17, 15) is 10.1 Å². The van der Waals surface area contributed by atoms with Crippen LogP contribution in [0.25, 0.3) is 33.2 Å². The van der Waals surface area contributed by atoms with Gasteiger partial charge in [0, 0.05) is 47.0 Å². The fourth-order valence-electron chi connectivity index (χ4n) is 3.12. The van der Waals surface area contributed by atoms with Gasteiger partial charge >= 0.3 is 5.97 Å². The van der Waals surface area contributed by atoms with Crippen LogP contribution < -0.4 is 0 Å². The number of rotatable bonds is 2. The number of ether oxygens (including phenoxy) is 1. The van der Waals surface area contributed by atoms with Gasteiger partial charge in [-0.05, 0) is 30.3 Å². The molecule has 0 atom stereocenters. The maximum absolute atomic E-state index is 11.9. The monoisotopic (exact) mass is 330 g/mol. The number of nitriles is 1. The lowest BCUT2D eigenvalue weighted by molar-refractivity contribution is 0.0601. The summed E-state index contributed by atoms with van der Waals surface area (Å²) in [6, 6.07) is 11.3. The van der Waals surface area contributed by atoms with Gasteiger partial charge in [0.1, 0.15) is 5.65 Å². The lowest BCUT2D eigenvalue weighted by Crippen LogP contribution is -2.00. The summed E-state index contributed by atoms with van der Waals surface area (Å²) < 4.78 is 6.81. The Morgan fingerprint density at radius 3 is 2.88 bits per heavy atom. The molecule has 122 valence electrons. The highest BCUT2D eigenvalue weighted by Gasteiger charge is 2.15. The zero-order chi connectivity index (χ0) is 17.6. The molecule has 0 aliphatic heterocycles. The molecule has 0 spiro atoms. The van der Waals surface area contributed by atoms with E-state index in [1.54, 1.807) is 18.3 Å². The van der Waals surface area contributed by atoms with E-state index < -0.39 is 0 Å². The molecule has 1 aromatic carbocycles. The van der Waals surface area contributed by atoms with Crippen molar-refractivity contribution < 1.29 is 9.53 Å². The number of esters is 1. The van der Waals surface area contributed by atoms with Gasteiger partial charge in [-0.2, -0.15) is 5.26 Å². The van der Waals surface area contributed by atoms with Gasteiger partial charge in [0.15, 0.2) is 0 Å². The Morgan fingerprint density at radius 2 is 2.12 bits per heavy atom. The minimum Gasteiger partial charge on any atom is -0.465 e. The third-order valence-corrected chi connectivity index (χ3v) is 4.35. The highest BCUT2D eigenvalue weighted by Crippen LogP contribution is 2.32. The molecule has 3 aromatic heterocycles. The van der Waals surface area contributed by atoms with Gasteiger partial charge in [-0.25, -0.2) is 9.78 Å². The lowest BCUT2D eigenvalue weighted by atomic mass is 10.1. The first-order valence-electron chi connectivity index (χ1n) is 7.68. The number of aromatic amines is 1. The average Bonchev–Trinajstić information content (AvgIpc) is 3.21. The Labute approximate surface area is 143 Å². The zero-order valence-corrected chi connectivity index (χ0v) is 13.7. The first-order valence-corrected chi connectivity index (χ1v) is 7.68. The molecule has 3 heterocycles. The summed E-state index contributed by atoms with van der Waals surface area (Å²) in [7, 11) is 3.32. The van der Waals surface area contributed by atoms with Gasteiger partial charge in [-0.15, -0.1) is 0 Å². The number of nitrogens with one attached hydrogen (secondary N) is 1. The van der Waals surface area contributed by atoms with Crippen LogP contribution >= 0.6 is 0 Å². The number of methoxy groups -OCH3 is 1. The Kier molecular flexibility index (Phi) is 3.29. The van der Waals surface area contributed by atoms with E-state index in [1.807, 2.05) is 36.0 Å². The SMILES string of the molecule is COC(=O)c1ccc2c(c1)c(-c1cc3c(C#N)ccnc3[nH]1)cn2C. The maximum Gasteiger partial charge on any atom is 0.337 e. The van der Waals surface area contributed by atoms with Gasteiger partial charge in [0.2, 0.25) is 0 Å². The summed E-state index contributed by atoms with van der Waals surface area (Å²) in [5, 5.41) is 11.0. The standard InChI is InChI=1S/C19H14N4O2/c1-23-10-15(14-7-11(19(24)25-2)3-4-17(14)23)16-8-13-12(9-20)5-6-21-18(13)22-16/h3-8,10H,1-2H3,(H,21,22). The number of hydrogen-bond acceptors (Lipinski definition) is 4. The summed E-state index contributed by atoms with van der Waals surface area (Å²) in [5.74, 6) is -0.373. The fraction of sp³-hybridized carbons (Fsp3) is 0.105. The summed E-state index contributed by atoms with van der Waals surface area (Å²) in [5.41, 5.74) is 4.50. The summed E-state index contributed by atoms with van der Waals surface area (Å²) >= 11 is 0. The van der Waals surface area contributed by atoms with Crippen molar-refractivity contribution in [2.45, 2.75) is 0 Å². The molecule has 0 fully saturated rings. The highest BCUT2D eigenvalue weighted by atomic mass is 16.5. The van der Waals surface area contributed by atoms with Crippen molar-refractivity contribution in [2.24, 2.45) is 7.05 Å². The summed E-state index contributed by atoms with van der Waals surface area (Å²) in [6.07, 6.45) is 3.60. The molecule has 6 heteroatoms. The number of carbonyl (C=O) groups is 1. The molecule has 0 aliphatic rings. The topological polar surface area (TPSA) is 83.7 Å². The predicted octanol–water partition coefficient (Wildman–Crippen LogP) is 3.38. The number of H-pyrrole nitrogens is 1. The Bertz CT molecular complexity index is 1180. The van der Waals surface area contributed by atoms with E-state index in [4.69, 9.17) is 4.74 Å². The van der Waals surface area contributed by atoms with Crippen LogP contribution in [0.5, 0.6) is 0 Å². The van der Waals surface area contributed by atoms with Crippen LogP contribution in [0.3, 0.4) is 0 Å². The molecular formula is C19H14N4O2. The van der Waals surface area contributed by atoms with Gasteiger partial charge < -0.3 is 14.3 Å². The van der Waals surface area contributed by atoms with Gasteiger partial charge in [-0.1, -0.05) is 0 Å². The van der Waals surface area contributed by atoms with Crippen LogP contribution in [0.15, 0.2) is 42.7 Å². The molecule has 6 nitrogen and oxygen atoms in total. The van der Waals surface area contributed by atoms with E-state index in [0.29, 0.717) is 16.8 Å². The smallest absolute Gasteiger partial charge is 0.337 e. The fourth-order valence-corrected chi connectivity index (χ4v) is 3.12. The normalized spacial score (nSPS) is 10.9. The Hall–Kier alpha value is -3.59. The number of fused-ring (bicyclic) bond motifs is 2. The number of benzene rings is 1. The molecule has 0 bridgehead atoms. The molecule has 0 amide bonds. The second-order valence-corrected chi connectivity index (χ2v) is 5.79. The van der Waals surface area contributed by atoms with Crippen LogP contribution in [0.4, 0.5) is 0 Å². The van der Waals surface area contributed by atoms with E-state index in [-0.39, 0.29) is 5.97 Å². The minimum absolute atomic E-state index is 0.373. The summed E-state index contributed by atoms with van der Waals surface area (Å²) in [4.78, 5) is 19.4. The molecule has 0 aliphatic carbocycles. The maximum atomic E-state index is 11.9. The lowest BCUT2D eigenvalue weighted by Gasteiger charge is -2.01. The Morgan fingerprint density at radius 1 is 1.28 bits per heavy atom. The number of nitrogens with zero attached hydrogens (tertiary/aromatic N) is 3. The average molecular weight is 330 g/mol. The van der Waals surface area contributed by atoms with Crippen molar-refractivity contribution in [2.75, 3.05) is 7.11 Å². The molecule has 4 rings (SSSR count). The molecular weight excluding hydrogens is 316 g/mol. The Balaban J connectivity index is 1.97. The predicted molar refractivity (Wildman–Crippen MR) is 94.1 cm³/mol. The largest absolute Gasteiger partial charge is 0.465 e. The highest BCUT2D eigenvalue weighted by molar-refractivity contribution is 6.02. The van der Waals surface area contributed by atoms with Crippen LogP contribution in [-0.4, -0.2) is 27.6 Å². The van der Waals surface area contributed by atoms with Crippen LogP contribution in [0.2, 0.25) is 0 Å². The van der Waals surface area contributed by atoms with Crippen molar-refractivity contribution in [3.8, 4) is 17.3 Å². The first kappa shape index (κ1) is 15.0. The van der Waals surface area contributed by atoms with E-state index in [2.05, 4.69) is 16.0 Å². The number of hydrogen-bond donors (Lipinski definition) is 1.